The van der Waals surface area contributed by atoms with Gasteiger partial charge in [0, 0.05) is 32.2 Å². The van der Waals surface area contributed by atoms with Crippen molar-refractivity contribution in [3.8, 4) is 5.75 Å². The molecule has 2 aromatic rings. The van der Waals surface area contributed by atoms with E-state index >= 15 is 0 Å². The van der Waals surface area contributed by atoms with Crippen LogP contribution in [-0.2, 0) is 4.74 Å². The highest BCUT2D eigenvalue weighted by atomic mass is 16.5. The Kier molecular flexibility index (Phi) is 4.85. The van der Waals surface area contributed by atoms with Crippen LogP contribution in [0.5, 0.6) is 5.75 Å². The zero-order valence-corrected chi connectivity index (χ0v) is 13.9. The summed E-state index contributed by atoms with van der Waals surface area (Å²) in [7, 11) is 3.20. The summed E-state index contributed by atoms with van der Waals surface area (Å²) in [6.45, 7) is 1.96. The van der Waals surface area contributed by atoms with Gasteiger partial charge in [0.05, 0.1) is 7.11 Å². The van der Waals surface area contributed by atoms with Gasteiger partial charge in [-0.3, -0.25) is 4.79 Å². The molecule has 1 aromatic carbocycles. The Morgan fingerprint density at radius 1 is 1.29 bits per heavy atom. The van der Waals surface area contributed by atoms with Crippen LogP contribution in [0.4, 0.5) is 0 Å². The summed E-state index contributed by atoms with van der Waals surface area (Å²) in [6, 6.07) is 6.90. The van der Waals surface area contributed by atoms with Gasteiger partial charge in [-0.1, -0.05) is 12.1 Å². The van der Waals surface area contributed by atoms with Crippen molar-refractivity contribution in [3.05, 3.63) is 40.2 Å². The van der Waals surface area contributed by atoms with Gasteiger partial charge in [-0.15, -0.1) is 0 Å². The van der Waals surface area contributed by atoms with Crippen molar-refractivity contribution in [1.82, 2.24) is 4.90 Å². The van der Waals surface area contributed by atoms with Crippen LogP contribution in [0.25, 0.3) is 11.0 Å². The van der Waals surface area contributed by atoms with Gasteiger partial charge < -0.3 is 18.8 Å². The van der Waals surface area contributed by atoms with E-state index in [0.717, 1.165) is 12.8 Å². The average Bonchev–Trinajstić information content (AvgIpc) is 2.61. The standard InChI is InChI=1S/C18H21NO5/c1-22-11-12-6-8-19(9-7-12)17(20)14-10-13-4-3-5-15(23-2)16(13)24-18(14)21/h3-5,10,12H,6-9,11H2,1-2H3. The molecule has 2 heterocycles. The molecule has 0 saturated carbocycles. The molecule has 1 amide bonds. The molecular weight excluding hydrogens is 310 g/mol. The Balaban J connectivity index is 1.86. The Bertz CT molecular complexity index is 790. The molecule has 0 unspecified atom stereocenters. The van der Waals surface area contributed by atoms with Gasteiger partial charge in [0.1, 0.15) is 5.56 Å². The second-order valence-corrected chi connectivity index (χ2v) is 6.02. The molecule has 0 radical (unpaired) electrons. The zero-order chi connectivity index (χ0) is 17.1. The van der Waals surface area contributed by atoms with Crippen LogP contribution < -0.4 is 10.4 Å². The minimum atomic E-state index is -0.629. The Hall–Kier alpha value is -2.34. The van der Waals surface area contributed by atoms with Crippen LogP contribution in [0, 0.1) is 5.92 Å². The van der Waals surface area contributed by atoms with Gasteiger partial charge in [0.15, 0.2) is 11.3 Å². The van der Waals surface area contributed by atoms with Crippen molar-refractivity contribution in [3.63, 3.8) is 0 Å². The van der Waals surface area contributed by atoms with E-state index in [0.29, 0.717) is 42.3 Å². The molecular formula is C18H21NO5. The minimum Gasteiger partial charge on any atom is -0.493 e. The fraction of sp³-hybridized carbons (Fsp3) is 0.444. The molecule has 0 bridgehead atoms. The number of methoxy groups -OCH3 is 2. The van der Waals surface area contributed by atoms with E-state index < -0.39 is 5.63 Å². The predicted octanol–water partition coefficient (Wildman–Crippen LogP) is 2.30. The van der Waals surface area contributed by atoms with E-state index in [-0.39, 0.29) is 11.5 Å². The number of rotatable bonds is 4. The van der Waals surface area contributed by atoms with Crippen LogP contribution in [0.15, 0.2) is 33.5 Å². The average molecular weight is 331 g/mol. The summed E-state index contributed by atoms with van der Waals surface area (Å²) in [6.07, 6.45) is 1.76. The SMILES string of the molecule is COCC1CCN(C(=O)c2cc3cccc(OC)c3oc2=O)CC1. The second-order valence-electron chi connectivity index (χ2n) is 6.02. The van der Waals surface area contributed by atoms with Crippen molar-refractivity contribution < 1.29 is 18.7 Å². The molecule has 1 fully saturated rings. The molecule has 1 aliphatic heterocycles. The summed E-state index contributed by atoms with van der Waals surface area (Å²) in [5.41, 5.74) is -0.197. The van der Waals surface area contributed by atoms with Crippen molar-refractivity contribution in [1.29, 1.82) is 0 Å². The van der Waals surface area contributed by atoms with E-state index in [1.807, 2.05) is 0 Å². The molecule has 0 atom stereocenters. The van der Waals surface area contributed by atoms with Crippen molar-refractivity contribution in [2.24, 2.45) is 5.92 Å². The normalized spacial score (nSPS) is 15.7. The molecule has 128 valence electrons. The van der Waals surface area contributed by atoms with Gasteiger partial charge in [0.2, 0.25) is 0 Å². The van der Waals surface area contributed by atoms with Gasteiger partial charge >= 0.3 is 5.63 Å². The number of carbonyl (C=O) groups is 1. The number of nitrogens with zero attached hydrogens (tertiary/aromatic N) is 1. The van der Waals surface area contributed by atoms with E-state index in [1.54, 1.807) is 36.3 Å². The number of para-hydroxylation sites is 1. The lowest BCUT2D eigenvalue weighted by Gasteiger charge is -2.31. The van der Waals surface area contributed by atoms with E-state index in [1.165, 1.54) is 7.11 Å². The maximum atomic E-state index is 12.7. The van der Waals surface area contributed by atoms with Crippen LogP contribution in [-0.4, -0.2) is 44.7 Å². The largest absolute Gasteiger partial charge is 0.493 e. The molecule has 0 spiro atoms. The fourth-order valence-corrected chi connectivity index (χ4v) is 3.14. The summed E-state index contributed by atoms with van der Waals surface area (Å²) in [5.74, 6) is 0.671. The lowest BCUT2D eigenvalue weighted by Crippen LogP contribution is -2.40. The van der Waals surface area contributed by atoms with E-state index in [9.17, 15) is 9.59 Å². The first-order chi connectivity index (χ1) is 11.6. The van der Waals surface area contributed by atoms with E-state index in [4.69, 9.17) is 13.9 Å². The molecule has 6 heteroatoms. The third kappa shape index (κ3) is 3.14. The molecule has 0 aliphatic carbocycles. The topological polar surface area (TPSA) is 69.0 Å². The number of piperidine rings is 1. The molecule has 6 nitrogen and oxygen atoms in total. The van der Waals surface area contributed by atoms with E-state index in [2.05, 4.69) is 0 Å². The Morgan fingerprint density at radius 3 is 2.71 bits per heavy atom. The number of benzene rings is 1. The van der Waals surface area contributed by atoms with Gasteiger partial charge in [-0.2, -0.15) is 0 Å². The lowest BCUT2D eigenvalue weighted by molar-refractivity contribution is 0.0610. The molecule has 1 aliphatic rings. The Labute approximate surface area is 140 Å². The maximum Gasteiger partial charge on any atom is 0.349 e. The number of fused-ring (bicyclic) bond motifs is 1. The maximum absolute atomic E-state index is 12.7. The third-order valence-corrected chi connectivity index (χ3v) is 4.48. The first kappa shape index (κ1) is 16.5. The monoisotopic (exact) mass is 331 g/mol. The fourth-order valence-electron chi connectivity index (χ4n) is 3.14. The number of amides is 1. The van der Waals surface area contributed by atoms with Crippen LogP contribution in [0.1, 0.15) is 23.2 Å². The highest BCUT2D eigenvalue weighted by Gasteiger charge is 2.26. The molecule has 24 heavy (non-hydrogen) atoms. The summed E-state index contributed by atoms with van der Waals surface area (Å²) in [5, 5.41) is 0.673. The van der Waals surface area contributed by atoms with Crippen molar-refractivity contribution >= 4 is 16.9 Å². The highest BCUT2D eigenvalue weighted by molar-refractivity contribution is 5.97. The smallest absolute Gasteiger partial charge is 0.349 e. The number of hydrogen-bond donors (Lipinski definition) is 0. The zero-order valence-electron chi connectivity index (χ0n) is 13.9. The number of likely N-dealkylation sites (tertiary alicyclic amines) is 1. The third-order valence-electron chi connectivity index (χ3n) is 4.48. The number of ether oxygens (including phenoxy) is 2. The predicted molar refractivity (Wildman–Crippen MR) is 89.5 cm³/mol. The molecule has 1 aromatic heterocycles. The van der Waals surface area contributed by atoms with Crippen LogP contribution in [0.2, 0.25) is 0 Å². The summed E-state index contributed by atoms with van der Waals surface area (Å²) < 4.78 is 15.7. The van der Waals surface area contributed by atoms with Crippen LogP contribution in [0.3, 0.4) is 0 Å². The quantitative estimate of drug-likeness (QED) is 0.804. The summed E-state index contributed by atoms with van der Waals surface area (Å²) >= 11 is 0. The van der Waals surface area contributed by atoms with Crippen molar-refractivity contribution in [2.75, 3.05) is 33.9 Å². The minimum absolute atomic E-state index is 0.0703. The Morgan fingerprint density at radius 2 is 2.04 bits per heavy atom. The van der Waals surface area contributed by atoms with Crippen LogP contribution >= 0.6 is 0 Å². The first-order valence-electron chi connectivity index (χ1n) is 8.03. The van der Waals surface area contributed by atoms with Gasteiger partial charge in [-0.05, 0) is 30.9 Å². The highest BCUT2D eigenvalue weighted by Crippen LogP contribution is 2.25. The molecule has 0 N–H and O–H groups in total. The lowest BCUT2D eigenvalue weighted by atomic mass is 9.97. The summed E-state index contributed by atoms with van der Waals surface area (Å²) in [4.78, 5) is 26.7. The number of hydrogen-bond acceptors (Lipinski definition) is 5. The van der Waals surface area contributed by atoms with Gasteiger partial charge in [0.25, 0.3) is 5.91 Å². The first-order valence-corrected chi connectivity index (χ1v) is 8.03. The van der Waals surface area contributed by atoms with Gasteiger partial charge in [-0.25, -0.2) is 4.79 Å². The van der Waals surface area contributed by atoms with Crippen molar-refractivity contribution in [2.45, 2.75) is 12.8 Å². The number of carbonyl (C=O) groups excluding carboxylic acids is 1. The second kappa shape index (κ2) is 7.05. The molecule has 1 saturated heterocycles. The molecule has 3 rings (SSSR count).